The molecular formula is C69H69N17O5. The number of aromatic nitrogens is 13. The van der Waals surface area contributed by atoms with Crippen molar-refractivity contribution >= 4 is 90.2 Å². The molecule has 0 atom stereocenters. The van der Waals surface area contributed by atoms with Crippen molar-refractivity contribution < 1.29 is 24.2 Å². The second kappa shape index (κ2) is 24.6. The van der Waals surface area contributed by atoms with E-state index in [0.29, 0.717) is 30.3 Å². The summed E-state index contributed by atoms with van der Waals surface area (Å²) in [4.78, 5) is 78.3. The Kier molecular flexibility index (Phi) is 15.6. The Hall–Kier alpha value is -10.9. The number of carboxylic acids is 1. The summed E-state index contributed by atoms with van der Waals surface area (Å²) in [5, 5.41) is 15.6. The summed E-state index contributed by atoms with van der Waals surface area (Å²) in [7, 11) is 1.46. The smallest absolute Gasteiger partial charge is 0.308 e. The molecule has 3 saturated carbocycles. The first-order chi connectivity index (χ1) is 44.4. The average molecular weight is 1220 g/mol. The molecule has 3 aliphatic rings. The van der Waals surface area contributed by atoms with Crippen LogP contribution >= 0.6 is 0 Å². The maximum Gasteiger partial charge on any atom is 0.308 e. The number of H-pyrrole nitrogens is 3. The highest BCUT2D eigenvalue weighted by molar-refractivity contribution is 5.95. The van der Waals surface area contributed by atoms with Crippen molar-refractivity contribution in [2.45, 2.75) is 94.8 Å². The van der Waals surface area contributed by atoms with Gasteiger partial charge in [0.1, 0.15) is 68.6 Å². The number of aromatic amines is 3. The number of benzene rings is 3. The second-order valence-electron chi connectivity index (χ2n) is 24.1. The summed E-state index contributed by atoms with van der Waals surface area (Å²) < 4.78 is 11.1. The highest BCUT2D eigenvalue weighted by Crippen LogP contribution is 2.43. The lowest BCUT2D eigenvalue weighted by Gasteiger charge is -2.27. The molecular weight excluding hydrogens is 1150 g/mol. The number of nitrogen functional groups attached to an aromatic ring is 3. The number of nitrogens with zero attached hydrogens (tertiary/aromatic N) is 10. The minimum atomic E-state index is -0.696. The maximum absolute atomic E-state index is 12.8. The molecule has 0 unspecified atom stereocenters. The van der Waals surface area contributed by atoms with Crippen LogP contribution in [-0.4, -0.2) is 93.1 Å². The van der Waals surface area contributed by atoms with Crippen LogP contribution in [0, 0.1) is 17.8 Å². The number of methoxy groups -OCH3 is 1. The Morgan fingerprint density at radius 2 is 0.868 bits per heavy atom. The van der Waals surface area contributed by atoms with Gasteiger partial charge in [-0.25, -0.2) is 29.9 Å². The number of carboxylic acid groups (broad SMARTS) is 1. The van der Waals surface area contributed by atoms with E-state index in [2.05, 4.69) is 91.5 Å². The molecule has 3 fully saturated rings. The number of imidazole rings is 3. The van der Waals surface area contributed by atoms with Crippen LogP contribution < -0.4 is 22.5 Å². The van der Waals surface area contributed by atoms with Gasteiger partial charge in [0, 0.05) is 99.8 Å². The fourth-order valence-electron chi connectivity index (χ4n) is 13.9. The Morgan fingerprint density at radius 3 is 1.22 bits per heavy atom. The van der Waals surface area contributed by atoms with Crippen molar-refractivity contribution in [1.29, 1.82) is 0 Å². The number of hydrogen-bond acceptors (Lipinski definition) is 14. The quantitative estimate of drug-likeness (QED) is 0.0590. The van der Waals surface area contributed by atoms with Crippen LogP contribution in [0.3, 0.4) is 0 Å². The van der Waals surface area contributed by atoms with Crippen molar-refractivity contribution in [1.82, 2.24) is 63.0 Å². The lowest BCUT2D eigenvalue weighted by atomic mass is 9.81. The van der Waals surface area contributed by atoms with Crippen LogP contribution in [0.2, 0.25) is 0 Å². The summed E-state index contributed by atoms with van der Waals surface area (Å²) in [6.07, 6.45) is 24.0. The lowest BCUT2D eigenvalue weighted by molar-refractivity contribution is -0.146. The van der Waals surface area contributed by atoms with E-state index < -0.39 is 5.97 Å². The Morgan fingerprint density at radius 1 is 0.495 bits per heavy atom. The third-order valence-corrected chi connectivity index (χ3v) is 18.6. The maximum atomic E-state index is 12.8. The first kappa shape index (κ1) is 57.8. The molecule has 11 N–H and O–H groups in total. The number of rotatable bonds is 10. The predicted molar refractivity (Wildman–Crippen MR) is 351 cm³/mol. The van der Waals surface area contributed by atoms with Gasteiger partial charge in [-0.3, -0.25) is 32.6 Å². The monoisotopic (exact) mass is 1220 g/mol. The molecule has 0 aliphatic heterocycles. The Labute approximate surface area is 521 Å². The molecule has 3 aromatic carbocycles. The van der Waals surface area contributed by atoms with Crippen molar-refractivity contribution in [3.8, 4) is 34.2 Å². The first-order valence-corrected chi connectivity index (χ1v) is 31.1. The number of esters is 1. The largest absolute Gasteiger partial charge is 0.481 e. The zero-order valence-electron chi connectivity index (χ0n) is 50.2. The summed E-state index contributed by atoms with van der Waals surface area (Å²) in [5.74, 6) is 3.95. The lowest BCUT2D eigenvalue weighted by Crippen LogP contribution is -2.27. The molecule has 10 aromatic heterocycles. The number of amides is 1. The van der Waals surface area contributed by atoms with Gasteiger partial charge in [-0.1, -0.05) is 54.6 Å². The van der Waals surface area contributed by atoms with Crippen molar-refractivity contribution in [3.63, 3.8) is 0 Å². The van der Waals surface area contributed by atoms with Crippen LogP contribution in [0.4, 0.5) is 23.1 Å². The summed E-state index contributed by atoms with van der Waals surface area (Å²) in [6.45, 7) is 0. The number of anilines is 4. The van der Waals surface area contributed by atoms with Gasteiger partial charge in [0.05, 0.1) is 47.9 Å². The number of carbonyl (C=O) groups is 3. The first-order valence-electron chi connectivity index (χ1n) is 31.1. The standard InChI is InChI=1S/C26H25N7O.C22H23N5O2.C21H21N5O2/c27-24-23-22(21-14-18-4-1-2-6-20(18)31-21)32-25(33(23)13-12-29-24)16-7-9-17(10-8-16)26(34)30-19-5-3-11-28-15-19;1-29-22(28)14-8-6-13(7-9-14)21-26-18(19-20(23)24-10-11-27(19)21)17-12-15-4-2-3-5-16(15)25-17;22-19-18-17(16-11-14-3-1-2-4-15(14)24-16)25-20(26(18)10-9-23-19)12-5-7-13(8-6-12)21(27)28/h1-6,11-17,31H,7-10H2,(H2,27,29)(H,30,34);2-5,10-14,25H,6-9H2,1H3,(H2,23,24);1-4,9-13,24H,5-8H2,(H2,22,23)(H,27,28). The van der Waals surface area contributed by atoms with Gasteiger partial charge < -0.3 is 47.3 Å². The summed E-state index contributed by atoms with van der Waals surface area (Å²) in [5.41, 5.74) is 30.3. The van der Waals surface area contributed by atoms with E-state index >= 15 is 0 Å². The molecule has 0 saturated heterocycles. The van der Waals surface area contributed by atoms with Gasteiger partial charge >= 0.3 is 11.9 Å². The number of para-hydroxylation sites is 3. The molecule has 13 aromatic rings. The minimum Gasteiger partial charge on any atom is -0.481 e. The van der Waals surface area contributed by atoms with E-state index in [-0.39, 0.29) is 47.4 Å². The summed E-state index contributed by atoms with van der Waals surface area (Å²) >= 11 is 0. The van der Waals surface area contributed by atoms with Crippen LogP contribution in [-0.2, 0) is 19.1 Å². The highest BCUT2D eigenvalue weighted by atomic mass is 16.5. The molecule has 22 heteroatoms. The predicted octanol–water partition coefficient (Wildman–Crippen LogP) is 12.5. The molecule has 22 nitrogen and oxygen atoms in total. The molecule has 0 bridgehead atoms. The van der Waals surface area contributed by atoms with E-state index in [0.717, 1.165) is 171 Å². The van der Waals surface area contributed by atoms with E-state index in [1.807, 2.05) is 83.7 Å². The van der Waals surface area contributed by atoms with Crippen molar-refractivity contribution in [2.24, 2.45) is 17.8 Å². The van der Waals surface area contributed by atoms with Crippen LogP contribution in [0.15, 0.2) is 153 Å². The number of fused-ring (bicyclic) bond motifs is 6. The number of pyridine rings is 1. The van der Waals surface area contributed by atoms with Gasteiger partial charge in [-0.05, 0) is 126 Å². The van der Waals surface area contributed by atoms with Crippen LogP contribution in [0.25, 0.3) is 83.4 Å². The second-order valence-corrected chi connectivity index (χ2v) is 24.1. The number of hydrogen-bond donors (Lipinski definition) is 8. The third-order valence-electron chi connectivity index (χ3n) is 18.6. The zero-order chi connectivity index (χ0) is 62.3. The minimum absolute atomic E-state index is 0.0115. The van der Waals surface area contributed by atoms with E-state index in [1.165, 1.54) is 7.11 Å². The average Bonchev–Trinajstić information content (AvgIpc) is 1.64. The van der Waals surface area contributed by atoms with Crippen LogP contribution in [0.1, 0.15) is 112 Å². The Bertz CT molecular complexity index is 4720. The van der Waals surface area contributed by atoms with E-state index in [9.17, 15) is 19.5 Å². The molecule has 0 spiro atoms. The molecule has 10 heterocycles. The van der Waals surface area contributed by atoms with Gasteiger partial charge in [-0.2, -0.15) is 0 Å². The third kappa shape index (κ3) is 11.3. The number of ether oxygens (including phenoxy) is 1. The molecule has 1 amide bonds. The van der Waals surface area contributed by atoms with Crippen LogP contribution in [0.5, 0.6) is 0 Å². The fraction of sp³-hybridized carbons (Fsp3) is 0.275. The Balaban J connectivity index is 0.000000120. The molecule has 460 valence electrons. The summed E-state index contributed by atoms with van der Waals surface area (Å²) in [6, 6.07) is 34.4. The fourth-order valence-corrected chi connectivity index (χ4v) is 13.9. The topological polar surface area (TPSA) is 322 Å². The number of carbonyl (C=O) groups excluding carboxylic acids is 2. The zero-order valence-corrected chi connectivity index (χ0v) is 50.2. The highest BCUT2D eigenvalue weighted by Gasteiger charge is 2.34. The van der Waals surface area contributed by atoms with Gasteiger partial charge in [0.15, 0.2) is 0 Å². The van der Waals surface area contributed by atoms with Crippen molar-refractivity contribution in [2.75, 3.05) is 29.6 Å². The van der Waals surface area contributed by atoms with Gasteiger partial charge in [0.25, 0.3) is 0 Å². The molecule has 3 aliphatic carbocycles. The number of nitrogens with two attached hydrogens (primary N) is 3. The van der Waals surface area contributed by atoms with E-state index in [1.54, 1.807) is 31.0 Å². The van der Waals surface area contributed by atoms with Gasteiger partial charge in [-0.15, -0.1) is 0 Å². The van der Waals surface area contributed by atoms with Gasteiger partial charge in [0.2, 0.25) is 5.91 Å². The molecule has 16 rings (SSSR count). The van der Waals surface area contributed by atoms with Crippen molar-refractivity contribution in [3.05, 3.63) is 170 Å². The normalized spacial score (nSPS) is 19.3. The molecule has 91 heavy (non-hydrogen) atoms. The number of aliphatic carboxylic acids is 1. The van der Waals surface area contributed by atoms with E-state index in [4.69, 9.17) is 36.9 Å². The number of nitrogens with one attached hydrogen (secondary N) is 4. The SMILES string of the molecule is COC(=O)C1CCC(c2nc(-c3cc4ccccc4[nH]3)c3c(N)nccn23)CC1.Nc1nccn2c(C3CCC(C(=O)Nc4cccnc4)CC3)nc(-c3cc4ccccc4[nH]3)c12.Nc1nccn2c(C3CCC(C(=O)O)CC3)nc(-c3cc4ccccc4[nH]3)c12. The molecule has 0 radical (unpaired) electrons.